The van der Waals surface area contributed by atoms with E-state index in [-0.39, 0.29) is 5.82 Å². The van der Waals surface area contributed by atoms with Gasteiger partial charge in [-0.05, 0) is 43.4 Å². The summed E-state index contributed by atoms with van der Waals surface area (Å²) in [6.45, 7) is 3.59. The van der Waals surface area contributed by atoms with Crippen molar-refractivity contribution >= 4 is 11.8 Å². The number of aryl methyl sites for hydroxylation is 2. The highest BCUT2D eigenvalue weighted by Crippen LogP contribution is 2.21. The Labute approximate surface area is 70.8 Å². The molecule has 0 fully saturated rings. The summed E-state index contributed by atoms with van der Waals surface area (Å²) in [4.78, 5) is 1.13. The van der Waals surface area contributed by atoms with E-state index < -0.39 is 0 Å². The second-order valence-corrected chi connectivity index (χ2v) is 3.45. The van der Waals surface area contributed by atoms with E-state index in [0.717, 1.165) is 16.0 Å². The molecule has 0 nitrogen and oxygen atoms in total. The lowest BCUT2D eigenvalue weighted by molar-refractivity contribution is 0.607. The van der Waals surface area contributed by atoms with E-state index >= 15 is 0 Å². The molecule has 2 heteroatoms. The number of benzene rings is 1. The molecule has 11 heavy (non-hydrogen) atoms. The Morgan fingerprint density at radius 3 is 2.00 bits per heavy atom. The summed E-state index contributed by atoms with van der Waals surface area (Å²) < 4.78 is 13.0. The summed E-state index contributed by atoms with van der Waals surface area (Å²) in [5.41, 5.74) is 1.46. The lowest BCUT2D eigenvalue weighted by Crippen LogP contribution is -1.87. The number of hydrogen-bond acceptors (Lipinski definition) is 1. The molecule has 0 saturated heterocycles. The lowest BCUT2D eigenvalue weighted by atomic mass is 10.1. The van der Waals surface area contributed by atoms with Crippen LogP contribution in [-0.4, -0.2) is 6.26 Å². The van der Waals surface area contributed by atoms with Gasteiger partial charge in [0.25, 0.3) is 0 Å². The van der Waals surface area contributed by atoms with E-state index in [4.69, 9.17) is 0 Å². The quantitative estimate of drug-likeness (QED) is 0.583. The van der Waals surface area contributed by atoms with E-state index in [9.17, 15) is 4.39 Å². The number of rotatable bonds is 1. The van der Waals surface area contributed by atoms with Gasteiger partial charge >= 0.3 is 0 Å². The lowest BCUT2D eigenvalue weighted by Gasteiger charge is -2.03. The fraction of sp³-hybridized carbons (Fsp3) is 0.333. The summed E-state index contributed by atoms with van der Waals surface area (Å²) in [7, 11) is 0. The Morgan fingerprint density at radius 2 is 1.64 bits per heavy atom. The molecule has 0 bridgehead atoms. The van der Waals surface area contributed by atoms with Gasteiger partial charge in [0.2, 0.25) is 0 Å². The van der Waals surface area contributed by atoms with Gasteiger partial charge in [-0.15, -0.1) is 11.8 Å². The fourth-order valence-electron chi connectivity index (χ4n) is 1.02. The van der Waals surface area contributed by atoms with Gasteiger partial charge in [-0.25, -0.2) is 4.39 Å². The van der Waals surface area contributed by atoms with Crippen LogP contribution in [0.15, 0.2) is 17.0 Å². The summed E-state index contributed by atoms with van der Waals surface area (Å²) in [5, 5.41) is 0. The third-order valence-electron chi connectivity index (χ3n) is 1.65. The molecule has 1 aromatic rings. The van der Waals surface area contributed by atoms with Crippen molar-refractivity contribution in [2.45, 2.75) is 18.7 Å². The molecule has 0 heterocycles. The van der Waals surface area contributed by atoms with Crippen LogP contribution in [0.25, 0.3) is 0 Å². The predicted molar refractivity (Wildman–Crippen MR) is 47.7 cm³/mol. The zero-order valence-corrected chi connectivity index (χ0v) is 7.76. The van der Waals surface area contributed by atoms with Crippen LogP contribution in [0.2, 0.25) is 0 Å². The molecule has 0 aliphatic carbocycles. The molecule has 0 aromatic heterocycles. The highest BCUT2D eigenvalue weighted by atomic mass is 32.2. The molecule has 0 N–H and O–H groups in total. The number of hydrogen-bond donors (Lipinski definition) is 0. The van der Waals surface area contributed by atoms with Crippen molar-refractivity contribution in [2.75, 3.05) is 6.26 Å². The molecular weight excluding hydrogens is 159 g/mol. The predicted octanol–water partition coefficient (Wildman–Crippen LogP) is 3.16. The third kappa shape index (κ3) is 1.74. The molecule has 0 aliphatic rings. The number of halogens is 1. The molecule has 1 rings (SSSR count). The van der Waals surface area contributed by atoms with Crippen molar-refractivity contribution in [3.63, 3.8) is 0 Å². The molecule has 0 amide bonds. The highest BCUT2D eigenvalue weighted by molar-refractivity contribution is 7.98. The van der Waals surface area contributed by atoms with E-state index in [0.29, 0.717) is 0 Å². The van der Waals surface area contributed by atoms with Gasteiger partial charge in [0, 0.05) is 4.90 Å². The normalized spacial score (nSPS) is 10.2. The Balaban J connectivity index is 3.21. The van der Waals surface area contributed by atoms with Crippen molar-refractivity contribution in [3.05, 3.63) is 29.1 Å². The molecule has 1 aromatic carbocycles. The van der Waals surface area contributed by atoms with Crippen LogP contribution in [-0.2, 0) is 0 Å². The first-order chi connectivity index (χ1) is 5.15. The van der Waals surface area contributed by atoms with Crippen LogP contribution < -0.4 is 0 Å². The topological polar surface area (TPSA) is 0 Å². The summed E-state index contributed by atoms with van der Waals surface area (Å²) in [6.07, 6.45) is 1.99. The zero-order valence-electron chi connectivity index (χ0n) is 6.94. The molecule has 0 radical (unpaired) electrons. The largest absolute Gasteiger partial charge is 0.206 e. The van der Waals surface area contributed by atoms with Crippen LogP contribution in [0.1, 0.15) is 11.1 Å². The summed E-state index contributed by atoms with van der Waals surface area (Å²) >= 11 is 1.64. The van der Waals surface area contributed by atoms with Gasteiger partial charge in [0.15, 0.2) is 0 Å². The molecule has 0 unspecified atom stereocenters. The van der Waals surface area contributed by atoms with Gasteiger partial charge in [-0.3, -0.25) is 0 Å². The maximum atomic E-state index is 13.0. The average molecular weight is 170 g/mol. The Hall–Kier alpha value is -0.500. The van der Waals surface area contributed by atoms with E-state index in [1.165, 1.54) is 0 Å². The van der Waals surface area contributed by atoms with Crippen LogP contribution in [0, 0.1) is 19.7 Å². The molecular formula is C9H11FS. The first-order valence-electron chi connectivity index (χ1n) is 3.46. The summed E-state index contributed by atoms with van der Waals surface area (Å²) in [5.74, 6) is -0.0807. The molecule has 0 atom stereocenters. The zero-order chi connectivity index (χ0) is 8.43. The highest BCUT2D eigenvalue weighted by Gasteiger charge is 2.02. The first-order valence-corrected chi connectivity index (χ1v) is 4.68. The Bertz CT molecular complexity index is 245. The monoisotopic (exact) mass is 170 g/mol. The average Bonchev–Trinajstić information content (AvgIpc) is 1.99. The van der Waals surface area contributed by atoms with Gasteiger partial charge in [0.1, 0.15) is 5.82 Å². The number of thioether (sulfide) groups is 1. The Kier molecular flexibility index (Phi) is 2.55. The smallest absolute Gasteiger partial charge is 0.129 e. The van der Waals surface area contributed by atoms with Crippen LogP contribution >= 0.6 is 11.8 Å². The van der Waals surface area contributed by atoms with Gasteiger partial charge in [-0.2, -0.15) is 0 Å². The third-order valence-corrected chi connectivity index (χ3v) is 2.35. The minimum atomic E-state index is -0.0807. The molecule has 60 valence electrons. The van der Waals surface area contributed by atoms with E-state index in [2.05, 4.69) is 0 Å². The first kappa shape index (κ1) is 8.60. The molecule has 0 aliphatic heterocycles. The van der Waals surface area contributed by atoms with Gasteiger partial charge in [0.05, 0.1) is 0 Å². The van der Waals surface area contributed by atoms with Gasteiger partial charge in [-0.1, -0.05) is 0 Å². The maximum Gasteiger partial charge on any atom is 0.129 e. The maximum absolute atomic E-state index is 13.0. The van der Waals surface area contributed by atoms with Crippen molar-refractivity contribution in [1.82, 2.24) is 0 Å². The van der Waals surface area contributed by atoms with Crippen LogP contribution in [0.3, 0.4) is 0 Å². The van der Waals surface area contributed by atoms with Crippen molar-refractivity contribution in [2.24, 2.45) is 0 Å². The van der Waals surface area contributed by atoms with Crippen molar-refractivity contribution in [1.29, 1.82) is 0 Å². The minimum Gasteiger partial charge on any atom is -0.206 e. The second-order valence-electron chi connectivity index (χ2n) is 2.58. The van der Waals surface area contributed by atoms with E-state index in [1.807, 2.05) is 18.4 Å². The van der Waals surface area contributed by atoms with Crippen LogP contribution in [0.5, 0.6) is 0 Å². The Morgan fingerprint density at radius 1 is 1.18 bits per heavy atom. The van der Waals surface area contributed by atoms with Gasteiger partial charge < -0.3 is 0 Å². The fourth-order valence-corrected chi connectivity index (χ4v) is 1.61. The minimum absolute atomic E-state index is 0.0807. The standard InChI is InChI=1S/C9H11FS/c1-6-4-8(11-3)5-7(2)9(6)10/h4-5H,1-3H3. The SMILES string of the molecule is CSc1cc(C)c(F)c(C)c1. The second kappa shape index (κ2) is 3.26. The molecule has 0 spiro atoms. The van der Waals surface area contributed by atoms with E-state index in [1.54, 1.807) is 25.6 Å². The van der Waals surface area contributed by atoms with Crippen LogP contribution in [0.4, 0.5) is 4.39 Å². The molecule has 0 saturated carbocycles. The summed E-state index contributed by atoms with van der Waals surface area (Å²) in [6, 6.07) is 3.74. The van der Waals surface area contributed by atoms with Crippen molar-refractivity contribution in [3.8, 4) is 0 Å². The van der Waals surface area contributed by atoms with Crippen molar-refractivity contribution < 1.29 is 4.39 Å².